The van der Waals surface area contributed by atoms with Gasteiger partial charge < -0.3 is 9.47 Å². The van der Waals surface area contributed by atoms with Crippen LogP contribution in [-0.4, -0.2) is 34.2 Å². The molecular weight excluding hydrogens is 320 g/mol. The van der Waals surface area contributed by atoms with Gasteiger partial charge in [0.2, 0.25) is 0 Å². The average Bonchev–Trinajstić information content (AvgIpc) is 2.95. The Bertz CT molecular complexity index is 780. The fraction of sp³-hybridized carbons (Fsp3) is 0.467. The number of aromatic nitrogens is 2. The van der Waals surface area contributed by atoms with Crippen molar-refractivity contribution in [3.63, 3.8) is 0 Å². The van der Waals surface area contributed by atoms with E-state index in [1.54, 1.807) is 19.2 Å². The lowest BCUT2D eigenvalue weighted by Crippen LogP contribution is -2.27. The summed E-state index contributed by atoms with van der Waals surface area (Å²) in [6, 6.07) is 0. The summed E-state index contributed by atoms with van der Waals surface area (Å²) in [7, 11) is 0. The van der Waals surface area contributed by atoms with Crippen LogP contribution in [0.25, 0.3) is 10.2 Å². The summed E-state index contributed by atoms with van der Waals surface area (Å²) in [5.74, 6) is -1.09. The smallest absolute Gasteiger partial charge is 0.339 e. The molecule has 0 saturated carbocycles. The van der Waals surface area contributed by atoms with E-state index in [2.05, 4.69) is 4.98 Å². The summed E-state index contributed by atoms with van der Waals surface area (Å²) in [4.78, 5) is 40.8. The van der Waals surface area contributed by atoms with Crippen LogP contribution in [0.1, 0.15) is 37.6 Å². The lowest BCUT2D eigenvalue weighted by Gasteiger charge is -2.11. The van der Waals surface area contributed by atoms with E-state index in [-0.39, 0.29) is 30.2 Å². The predicted molar refractivity (Wildman–Crippen MR) is 85.7 cm³/mol. The molecule has 7 nitrogen and oxygen atoms in total. The standard InChI is InChI=1S/C15H18N2O5S/c1-4-9(3)22-11(18)6-17-8-16-13-12(14(17)19)10(7-23-13)15(20)21-5-2/h7-9H,4-6H2,1-3H3. The molecule has 1 atom stereocenters. The molecular formula is C15H18N2O5S. The van der Waals surface area contributed by atoms with Crippen LogP contribution in [0, 0.1) is 0 Å². The van der Waals surface area contributed by atoms with E-state index in [0.717, 1.165) is 4.57 Å². The molecule has 0 radical (unpaired) electrons. The monoisotopic (exact) mass is 338 g/mol. The Labute approximate surface area is 136 Å². The van der Waals surface area contributed by atoms with Gasteiger partial charge in [-0.05, 0) is 20.3 Å². The van der Waals surface area contributed by atoms with Gasteiger partial charge in [-0.15, -0.1) is 11.3 Å². The Balaban J connectivity index is 2.34. The summed E-state index contributed by atoms with van der Waals surface area (Å²) in [5.41, 5.74) is -0.283. The van der Waals surface area contributed by atoms with E-state index in [4.69, 9.17) is 9.47 Å². The fourth-order valence-electron chi connectivity index (χ4n) is 1.92. The van der Waals surface area contributed by atoms with Gasteiger partial charge >= 0.3 is 11.9 Å². The molecule has 124 valence electrons. The molecule has 0 aliphatic heterocycles. The highest BCUT2D eigenvalue weighted by Gasteiger charge is 2.19. The minimum atomic E-state index is -0.572. The molecule has 2 heterocycles. The summed E-state index contributed by atoms with van der Waals surface area (Å²) < 4.78 is 11.2. The van der Waals surface area contributed by atoms with Crippen molar-refractivity contribution in [3.05, 3.63) is 27.6 Å². The third-order valence-corrected chi connectivity index (χ3v) is 4.15. The number of carbonyl (C=O) groups is 2. The van der Waals surface area contributed by atoms with Crippen LogP contribution < -0.4 is 5.56 Å². The highest BCUT2D eigenvalue weighted by Crippen LogP contribution is 2.21. The predicted octanol–water partition coefficient (Wildman–Crippen LogP) is 1.98. The molecule has 1 unspecified atom stereocenters. The maximum absolute atomic E-state index is 12.5. The van der Waals surface area contributed by atoms with Crippen LogP contribution in [0.15, 0.2) is 16.5 Å². The highest BCUT2D eigenvalue weighted by atomic mass is 32.1. The SMILES string of the molecule is CCOC(=O)c1csc2ncn(CC(=O)OC(C)CC)c(=O)c12. The van der Waals surface area contributed by atoms with Crippen molar-refractivity contribution < 1.29 is 19.1 Å². The normalized spacial score (nSPS) is 12.1. The molecule has 0 N–H and O–H groups in total. The second kappa shape index (κ2) is 7.36. The van der Waals surface area contributed by atoms with E-state index in [1.165, 1.54) is 17.7 Å². The Morgan fingerprint density at radius 2 is 2.13 bits per heavy atom. The first-order valence-electron chi connectivity index (χ1n) is 7.31. The molecule has 2 aromatic heterocycles. The number of thiophene rings is 1. The first-order chi connectivity index (χ1) is 11.0. The molecule has 0 saturated heterocycles. The quantitative estimate of drug-likeness (QED) is 0.749. The first kappa shape index (κ1) is 17.1. The number of hydrogen-bond acceptors (Lipinski definition) is 7. The molecule has 2 rings (SSSR count). The van der Waals surface area contributed by atoms with E-state index in [0.29, 0.717) is 11.3 Å². The Hall–Kier alpha value is -2.22. The van der Waals surface area contributed by atoms with Crippen LogP contribution in [0.5, 0.6) is 0 Å². The molecule has 8 heteroatoms. The van der Waals surface area contributed by atoms with Crippen molar-refractivity contribution in [2.24, 2.45) is 0 Å². The lowest BCUT2D eigenvalue weighted by atomic mass is 10.2. The van der Waals surface area contributed by atoms with Gasteiger partial charge in [-0.3, -0.25) is 14.2 Å². The molecule has 23 heavy (non-hydrogen) atoms. The van der Waals surface area contributed by atoms with Gasteiger partial charge in [-0.1, -0.05) is 6.92 Å². The van der Waals surface area contributed by atoms with Crippen molar-refractivity contribution in [2.45, 2.75) is 39.8 Å². The number of hydrogen-bond donors (Lipinski definition) is 0. The summed E-state index contributed by atoms with van der Waals surface area (Å²) >= 11 is 1.18. The maximum Gasteiger partial charge on any atom is 0.339 e. The van der Waals surface area contributed by atoms with Crippen LogP contribution >= 0.6 is 11.3 Å². The number of rotatable bonds is 6. The first-order valence-corrected chi connectivity index (χ1v) is 8.19. The largest absolute Gasteiger partial charge is 0.462 e. The zero-order valence-corrected chi connectivity index (χ0v) is 14.0. The van der Waals surface area contributed by atoms with Crippen molar-refractivity contribution in [3.8, 4) is 0 Å². The van der Waals surface area contributed by atoms with Gasteiger partial charge in [0, 0.05) is 5.38 Å². The van der Waals surface area contributed by atoms with Gasteiger partial charge in [0.1, 0.15) is 11.4 Å². The molecule has 0 bridgehead atoms. The molecule has 2 aromatic rings. The fourth-order valence-corrected chi connectivity index (χ4v) is 2.79. The molecule has 0 aliphatic rings. The highest BCUT2D eigenvalue weighted by molar-refractivity contribution is 7.17. The number of fused-ring (bicyclic) bond motifs is 1. The Morgan fingerprint density at radius 3 is 2.78 bits per heavy atom. The van der Waals surface area contributed by atoms with Crippen LogP contribution in [0.4, 0.5) is 0 Å². The van der Waals surface area contributed by atoms with Gasteiger partial charge in [0.25, 0.3) is 5.56 Å². The zero-order chi connectivity index (χ0) is 17.0. The van der Waals surface area contributed by atoms with Gasteiger partial charge in [0.15, 0.2) is 0 Å². The van der Waals surface area contributed by atoms with Gasteiger partial charge in [0.05, 0.1) is 30.0 Å². The average molecular weight is 338 g/mol. The van der Waals surface area contributed by atoms with E-state index >= 15 is 0 Å². The molecule has 0 fully saturated rings. The van der Waals surface area contributed by atoms with Crippen LogP contribution in [0.2, 0.25) is 0 Å². The van der Waals surface area contributed by atoms with Gasteiger partial charge in [-0.25, -0.2) is 9.78 Å². The van der Waals surface area contributed by atoms with Crippen molar-refractivity contribution in [2.75, 3.05) is 6.61 Å². The second-order valence-corrected chi connectivity index (χ2v) is 5.79. The number of carbonyl (C=O) groups excluding carboxylic acids is 2. The Kier molecular flexibility index (Phi) is 5.49. The molecule has 0 aromatic carbocycles. The van der Waals surface area contributed by atoms with Gasteiger partial charge in [-0.2, -0.15) is 0 Å². The maximum atomic E-state index is 12.5. The molecule has 0 spiro atoms. The number of esters is 2. The third-order valence-electron chi connectivity index (χ3n) is 3.26. The topological polar surface area (TPSA) is 87.5 Å². The number of nitrogens with zero attached hydrogens (tertiary/aromatic N) is 2. The minimum Gasteiger partial charge on any atom is -0.462 e. The van der Waals surface area contributed by atoms with E-state index in [1.807, 2.05) is 6.92 Å². The zero-order valence-electron chi connectivity index (χ0n) is 13.2. The third kappa shape index (κ3) is 3.76. The molecule has 0 aliphatic carbocycles. The Morgan fingerprint density at radius 1 is 1.39 bits per heavy atom. The number of ether oxygens (including phenoxy) is 2. The van der Waals surface area contributed by atoms with Crippen molar-refractivity contribution in [1.82, 2.24) is 9.55 Å². The van der Waals surface area contributed by atoms with E-state index in [9.17, 15) is 14.4 Å². The van der Waals surface area contributed by atoms with Crippen molar-refractivity contribution >= 4 is 33.5 Å². The summed E-state index contributed by atoms with van der Waals surface area (Å²) in [5, 5.41) is 1.71. The van der Waals surface area contributed by atoms with E-state index < -0.39 is 17.5 Å². The summed E-state index contributed by atoms with van der Waals surface area (Å²) in [6.07, 6.45) is 1.76. The van der Waals surface area contributed by atoms with Crippen molar-refractivity contribution in [1.29, 1.82) is 0 Å². The minimum absolute atomic E-state index is 0.173. The molecule has 0 amide bonds. The van der Waals surface area contributed by atoms with Crippen LogP contribution in [0.3, 0.4) is 0 Å². The van der Waals surface area contributed by atoms with Crippen LogP contribution in [-0.2, 0) is 20.8 Å². The summed E-state index contributed by atoms with van der Waals surface area (Å²) in [6.45, 7) is 5.33. The lowest BCUT2D eigenvalue weighted by molar-refractivity contribution is -0.149. The second-order valence-electron chi connectivity index (χ2n) is 4.94.